The van der Waals surface area contributed by atoms with Gasteiger partial charge in [-0.1, -0.05) is 49.7 Å². The molecule has 4 aromatic rings. The first kappa shape index (κ1) is 28.4. The Hall–Kier alpha value is -3.64. The van der Waals surface area contributed by atoms with E-state index >= 15 is 0 Å². The monoisotopic (exact) mass is 548 g/mol. The van der Waals surface area contributed by atoms with Gasteiger partial charge in [0.15, 0.2) is 24.0 Å². The maximum atomic E-state index is 14.4. The zero-order chi connectivity index (χ0) is 28.4. The predicted octanol–water partition coefficient (Wildman–Crippen LogP) is 7.68. The van der Waals surface area contributed by atoms with Crippen LogP contribution in [-0.4, -0.2) is 22.9 Å². The van der Waals surface area contributed by atoms with Gasteiger partial charge in [0.1, 0.15) is 0 Å². The van der Waals surface area contributed by atoms with Gasteiger partial charge in [0.25, 0.3) is 5.91 Å². The van der Waals surface area contributed by atoms with Gasteiger partial charge in [-0.2, -0.15) is 0 Å². The number of aromatic nitrogens is 1. The first-order chi connectivity index (χ1) is 18.5. The number of halogens is 2. The van der Waals surface area contributed by atoms with Gasteiger partial charge >= 0.3 is 0 Å². The van der Waals surface area contributed by atoms with E-state index in [-0.39, 0.29) is 22.7 Å². The first-order valence-electron chi connectivity index (χ1n) is 13.1. The van der Waals surface area contributed by atoms with Crippen molar-refractivity contribution in [3.63, 3.8) is 0 Å². The molecule has 204 valence electrons. The molecule has 1 heterocycles. The number of rotatable bonds is 9. The van der Waals surface area contributed by atoms with Crippen LogP contribution in [-0.2, 0) is 11.3 Å². The van der Waals surface area contributed by atoms with Gasteiger partial charge in [0, 0.05) is 33.7 Å². The Kier molecular flexibility index (Phi) is 8.45. The molecule has 1 amide bonds. The molecule has 4 rings (SSSR count). The third-order valence-electron chi connectivity index (χ3n) is 7.26. The highest BCUT2D eigenvalue weighted by molar-refractivity contribution is 6.31. The molecule has 0 spiro atoms. The summed E-state index contributed by atoms with van der Waals surface area (Å²) < 4.78 is 21.9. The number of ether oxygens (including phenoxy) is 1. The van der Waals surface area contributed by atoms with E-state index in [4.69, 9.17) is 16.3 Å². The van der Waals surface area contributed by atoms with Crippen LogP contribution in [0.5, 0.6) is 5.75 Å². The number of hydrogen-bond acceptors (Lipinski definition) is 3. The lowest BCUT2D eigenvalue weighted by molar-refractivity contribution is -0.113. The van der Waals surface area contributed by atoms with Crippen molar-refractivity contribution in [1.29, 1.82) is 0 Å². The van der Waals surface area contributed by atoms with E-state index in [1.54, 1.807) is 6.92 Å². The number of benzene rings is 3. The second-order valence-corrected chi connectivity index (χ2v) is 10.8. The number of amides is 1. The van der Waals surface area contributed by atoms with Crippen LogP contribution in [0.15, 0.2) is 54.6 Å². The quantitative estimate of drug-likeness (QED) is 0.218. The van der Waals surface area contributed by atoms with Crippen molar-refractivity contribution in [3.8, 4) is 5.75 Å². The van der Waals surface area contributed by atoms with Gasteiger partial charge in [-0.05, 0) is 86.2 Å². The standard InChI is InChI=1S/C32H34ClFN2O3/c1-18(2)23-8-7-9-24(12-23)21(5)35-32(38)25-10-11-30-27(13-25)20(4)22(6)36(30)16-26-14-31(39-19(3)17-37)29(34)15-28(26)33/h7-15,17-19,21H,16H2,1-6H3,(H,35,38)/t19-,21-/m0/s1. The average molecular weight is 549 g/mol. The molecule has 1 aromatic heterocycles. The van der Waals surface area contributed by atoms with E-state index in [0.29, 0.717) is 29.9 Å². The smallest absolute Gasteiger partial charge is 0.251 e. The fraction of sp³-hybridized carbons (Fsp3) is 0.312. The minimum atomic E-state index is -0.781. The Bertz CT molecular complexity index is 1540. The summed E-state index contributed by atoms with van der Waals surface area (Å²) in [5.41, 5.74) is 6.52. The van der Waals surface area contributed by atoms with Crippen molar-refractivity contribution in [2.45, 2.75) is 66.2 Å². The van der Waals surface area contributed by atoms with Crippen LogP contribution < -0.4 is 10.1 Å². The molecular weight excluding hydrogens is 515 g/mol. The highest BCUT2D eigenvalue weighted by atomic mass is 35.5. The van der Waals surface area contributed by atoms with E-state index in [2.05, 4.69) is 35.9 Å². The molecule has 0 aliphatic heterocycles. The molecular formula is C32H34ClFN2O3. The molecule has 39 heavy (non-hydrogen) atoms. The van der Waals surface area contributed by atoms with E-state index in [9.17, 15) is 14.0 Å². The minimum Gasteiger partial charge on any atom is -0.480 e. The Morgan fingerprint density at radius 1 is 1.05 bits per heavy atom. The molecule has 0 bridgehead atoms. The second-order valence-electron chi connectivity index (χ2n) is 10.4. The van der Waals surface area contributed by atoms with Gasteiger partial charge in [0.2, 0.25) is 0 Å². The number of fused-ring (bicyclic) bond motifs is 1. The third kappa shape index (κ3) is 6.01. The molecule has 0 saturated heterocycles. The van der Waals surface area contributed by atoms with Crippen molar-refractivity contribution >= 4 is 34.7 Å². The predicted molar refractivity (Wildman–Crippen MR) is 154 cm³/mol. The number of carbonyl (C=O) groups excluding carboxylic acids is 2. The molecule has 0 aliphatic carbocycles. The molecule has 3 aromatic carbocycles. The van der Waals surface area contributed by atoms with Crippen LogP contribution in [0.4, 0.5) is 4.39 Å². The molecule has 5 nitrogen and oxygen atoms in total. The summed E-state index contributed by atoms with van der Waals surface area (Å²) in [6.07, 6.45) is -0.172. The van der Waals surface area contributed by atoms with E-state index in [0.717, 1.165) is 27.7 Å². The maximum Gasteiger partial charge on any atom is 0.251 e. The SMILES string of the molecule is Cc1c(C)n(Cc2cc(O[C@@H](C)C=O)c(F)cc2Cl)c2ccc(C(=O)N[C@@H](C)c3cccc(C(C)C)c3)cc12. The highest BCUT2D eigenvalue weighted by Crippen LogP contribution is 2.32. The van der Waals surface area contributed by atoms with E-state index < -0.39 is 11.9 Å². The number of nitrogens with zero attached hydrogens (tertiary/aromatic N) is 1. The van der Waals surface area contributed by atoms with Crippen LogP contribution in [0.25, 0.3) is 10.9 Å². The van der Waals surface area contributed by atoms with Crippen molar-refractivity contribution in [2.24, 2.45) is 0 Å². The molecule has 0 fully saturated rings. The summed E-state index contributed by atoms with van der Waals surface area (Å²) in [6, 6.07) is 16.6. The summed E-state index contributed by atoms with van der Waals surface area (Å²) in [5, 5.41) is 4.35. The summed E-state index contributed by atoms with van der Waals surface area (Å²) in [6.45, 7) is 12.2. The largest absolute Gasteiger partial charge is 0.480 e. The fourth-order valence-electron chi connectivity index (χ4n) is 4.73. The molecule has 7 heteroatoms. The minimum absolute atomic E-state index is 0.0214. The summed E-state index contributed by atoms with van der Waals surface area (Å²) in [7, 11) is 0. The zero-order valence-electron chi connectivity index (χ0n) is 23.1. The molecule has 1 N–H and O–H groups in total. The van der Waals surface area contributed by atoms with Crippen molar-refractivity contribution in [2.75, 3.05) is 0 Å². The van der Waals surface area contributed by atoms with Gasteiger partial charge in [-0.25, -0.2) is 4.39 Å². The first-order valence-corrected chi connectivity index (χ1v) is 13.5. The Morgan fingerprint density at radius 3 is 2.46 bits per heavy atom. The van der Waals surface area contributed by atoms with E-state index in [1.165, 1.54) is 17.7 Å². The normalized spacial score (nSPS) is 12.9. The zero-order valence-corrected chi connectivity index (χ0v) is 23.9. The van der Waals surface area contributed by atoms with Crippen molar-refractivity contribution < 1.29 is 18.7 Å². The molecule has 0 radical (unpaired) electrons. The topological polar surface area (TPSA) is 60.3 Å². The lowest BCUT2D eigenvalue weighted by atomic mass is 9.98. The fourth-order valence-corrected chi connectivity index (χ4v) is 4.94. The Morgan fingerprint density at radius 2 is 1.77 bits per heavy atom. The lowest BCUT2D eigenvalue weighted by Crippen LogP contribution is -2.26. The summed E-state index contributed by atoms with van der Waals surface area (Å²) >= 11 is 6.39. The van der Waals surface area contributed by atoms with E-state index in [1.807, 2.05) is 51.1 Å². The van der Waals surface area contributed by atoms with Crippen LogP contribution >= 0.6 is 11.6 Å². The summed E-state index contributed by atoms with van der Waals surface area (Å²) in [4.78, 5) is 24.2. The van der Waals surface area contributed by atoms with Gasteiger partial charge in [-0.15, -0.1) is 0 Å². The molecule has 0 unspecified atom stereocenters. The highest BCUT2D eigenvalue weighted by Gasteiger charge is 2.19. The van der Waals surface area contributed by atoms with Crippen LogP contribution in [0.1, 0.15) is 78.0 Å². The molecule has 0 saturated carbocycles. The van der Waals surface area contributed by atoms with Crippen LogP contribution in [0, 0.1) is 19.7 Å². The number of hydrogen-bond donors (Lipinski definition) is 1. The van der Waals surface area contributed by atoms with Crippen molar-refractivity contribution in [3.05, 3.63) is 98.9 Å². The maximum absolute atomic E-state index is 14.4. The Balaban J connectivity index is 1.61. The van der Waals surface area contributed by atoms with Gasteiger partial charge in [0.05, 0.1) is 6.04 Å². The Labute approximate surface area is 233 Å². The third-order valence-corrected chi connectivity index (χ3v) is 7.61. The van der Waals surface area contributed by atoms with Crippen molar-refractivity contribution in [1.82, 2.24) is 9.88 Å². The second kappa shape index (κ2) is 11.6. The number of aldehydes is 1. The van der Waals surface area contributed by atoms with Gasteiger partial charge in [-0.3, -0.25) is 9.59 Å². The summed E-state index contributed by atoms with van der Waals surface area (Å²) in [5.74, 6) is -0.374. The molecule has 0 aliphatic rings. The van der Waals surface area contributed by atoms with Crippen LogP contribution in [0.2, 0.25) is 5.02 Å². The van der Waals surface area contributed by atoms with Gasteiger partial charge < -0.3 is 14.6 Å². The number of nitrogens with one attached hydrogen (secondary N) is 1. The average Bonchev–Trinajstić information content (AvgIpc) is 3.15. The molecule has 2 atom stereocenters. The van der Waals surface area contributed by atoms with Crippen LogP contribution in [0.3, 0.4) is 0 Å². The number of carbonyl (C=O) groups is 2. The lowest BCUT2D eigenvalue weighted by Gasteiger charge is -2.17. The number of aryl methyl sites for hydroxylation is 1.